The molecule has 0 spiro atoms. The molecule has 12 heavy (non-hydrogen) atoms. The van der Waals surface area contributed by atoms with Gasteiger partial charge in [0.2, 0.25) is 0 Å². The van der Waals surface area contributed by atoms with E-state index in [2.05, 4.69) is 11.4 Å². The van der Waals surface area contributed by atoms with Crippen LogP contribution in [-0.4, -0.2) is 20.4 Å². The van der Waals surface area contributed by atoms with E-state index in [-0.39, 0.29) is 11.4 Å². The van der Waals surface area contributed by atoms with E-state index >= 15 is 0 Å². The van der Waals surface area contributed by atoms with Crippen LogP contribution < -0.4 is 5.32 Å². The van der Waals surface area contributed by atoms with Gasteiger partial charge < -0.3 is 5.32 Å². The number of nitriles is 1. The Bertz CT molecular complexity index is 160. The summed E-state index contributed by atoms with van der Waals surface area (Å²) in [6, 6.07) is 2.26. The second-order valence-electron chi connectivity index (χ2n) is 3.33. The average Bonchev–Trinajstić information content (AvgIpc) is 2.04. The van der Waals surface area contributed by atoms with Crippen LogP contribution in [-0.2, 0) is 0 Å². The zero-order valence-electron chi connectivity index (χ0n) is 8.22. The Kier molecular flexibility index (Phi) is 5.00. The number of nitrogens with one attached hydrogen (secondary N) is 1. The first-order valence-corrected chi connectivity index (χ1v) is 4.47. The summed E-state index contributed by atoms with van der Waals surface area (Å²) in [4.78, 5) is 0. The van der Waals surface area contributed by atoms with Gasteiger partial charge in [-0.3, -0.25) is 0 Å². The fraction of sp³-hybridized carbons (Fsp3) is 0.889. The molecular weight excluding hydrogens is 147 g/mol. The summed E-state index contributed by atoms with van der Waals surface area (Å²) in [5.41, 5.74) is 0. The normalized spacial score (nSPS) is 17.8. The fourth-order valence-electron chi connectivity index (χ4n) is 1.12. The van der Waals surface area contributed by atoms with Crippen LogP contribution >= 0.6 is 0 Å². The van der Waals surface area contributed by atoms with Crippen molar-refractivity contribution in [2.45, 2.75) is 45.0 Å². The Morgan fingerprint density at radius 1 is 1.58 bits per heavy atom. The Balaban J connectivity index is 4.19. The minimum atomic E-state index is -0.272. The van der Waals surface area contributed by atoms with Crippen molar-refractivity contribution in [1.82, 2.24) is 5.32 Å². The largest absolute Gasteiger partial charge is 0.313 e. The molecule has 0 aromatic carbocycles. The van der Waals surface area contributed by atoms with Crippen molar-refractivity contribution in [3.8, 4) is 6.07 Å². The van der Waals surface area contributed by atoms with Crippen molar-refractivity contribution < 1.29 is 0 Å². The van der Waals surface area contributed by atoms with Crippen molar-refractivity contribution in [2.75, 3.05) is 6.54 Å². The van der Waals surface area contributed by atoms with E-state index in [0.29, 0.717) is 6.42 Å². The van der Waals surface area contributed by atoms with Gasteiger partial charge in [0.05, 0.1) is 20.3 Å². The number of hydrogen-bond acceptors (Lipinski definition) is 2. The van der Waals surface area contributed by atoms with Gasteiger partial charge in [-0.2, -0.15) is 5.26 Å². The summed E-state index contributed by atoms with van der Waals surface area (Å²) in [7, 11) is 6.02. The molecule has 0 aliphatic carbocycles. The molecule has 0 rings (SSSR count). The quantitative estimate of drug-likeness (QED) is 0.627. The maximum Gasteiger partial charge on any atom is 0.0764 e. The highest BCUT2D eigenvalue weighted by Crippen LogP contribution is 2.31. The zero-order valence-corrected chi connectivity index (χ0v) is 8.22. The molecule has 0 saturated heterocycles. The van der Waals surface area contributed by atoms with Crippen molar-refractivity contribution in [3.63, 3.8) is 0 Å². The third kappa shape index (κ3) is 3.27. The molecule has 0 aromatic heterocycles. The minimum Gasteiger partial charge on any atom is -0.313 e. The van der Waals surface area contributed by atoms with Gasteiger partial charge >= 0.3 is 0 Å². The summed E-state index contributed by atoms with van der Waals surface area (Å²) < 4.78 is 0. The molecule has 3 heteroatoms. The second kappa shape index (κ2) is 5.21. The highest BCUT2D eigenvalue weighted by molar-refractivity contribution is 6.15. The lowest BCUT2D eigenvalue weighted by Gasteiger charge is -2.33. The molecule has 2 atom stereocenters. The molecule has 1 N–H and O–H groups in total. The molecule has 0 aliphatic rings. The lowest BCUT2D eigenvalue weighted by atomic mass is 9.63. The Labute approximate surface area is 76.8 Å². The highest BCUT2D eigenvalue weighted by Gasteiger charge is 2.25. The van der Waals surface area contributed by atoms with Gasteiger partial charge in [0.1, 0.15) is 0 Å². The van der Waals surface area contributed by atoms with Gasteiger partial charge in [0.15, 0.2) is 0 Å². The monoisotopic (exact) mass is 164 g/mol. The number of rotatable bonds is 5. The first-order valence-electron chi connectivity index (χ1n) is 4.47. The van der Waals surface area contributed by atoms with Crippen LogP contribution in [0.1, 0.15) is 33.6 Å². The van der Waals surface area contributed by atoms with E-state index in [9.17, 15) is 0 Å². The molecule has 0 heterocycles. The zero-order chi connectivity index (χ0) is 9.61. The van der Waals surface area contributed by atoms with E-state index < -0.39 is 0 Å². The number of hydrogen-bond donors (Lipinski definition) is 1. The first-order chi connectivity index (χ1) is 5.58. The van der Waals surface area contributed by atoms with Gasteiger partial charge in [0.25, 0.3) is 0 Å². The van der Waals surface area contributed by atoms with Gasteiger partial charge in [-0.15, -0.1) is 0 Å². The maximum absolute atomic E-state index is 8.58. The van der Waals surface area contributed by atoms with E-state index in [1.807, 2.05) is 20.8 Å². The lowest BCUT2D eigenvalue weighted by Crippen LogP contribution is -2.39. The smallest absolute Gasteiger partial charge is 0.0764 e. The summed E-state index contributed by atoms with van der Waals surface area (Å²) in [6.45, 7) is 6.91. The van der Waals surface area contributed by atoms with Crippen molar-refractivity contribution >= 4 is 7.85 Å². The predicted molar refractivity (Wildman–Crippen MR) is 52.1 cm³/mol. The molecule has 0 fully saturated rings. The molecule has 0 amide bonds. The predicted octanol–water partition coefficient (Wildman–Crippen LogP) is 1.64. The van der Waals surface area contributed by atoms with Gasteiger partial charge in [-0.1, -0.05) is 32.5 Å². The van der Waals surface area contributed by atoms with Crippen LogP contribution in [0, 0.1) is 11.3 Å². The Morgan fingerprint density at radius 3 is 2.50 bits per heavy atom. The van der Waals surface area contributed by atoms with Crippen LogP contribution in [0.5, 0.6) is 0 Å². The maximum atomic E-state index is 8.58. The van der Waals surface area contributed by atoms with E-state index in [0.717, 1.165) is 13.0 Å². The first kappa shape index (κ1) is 11.5. The van der Waals surface area contributed by atoms with Gasteiger partial charge in [-0.25, -0.2) is 0 Å². The molecule has 0 aliphatic heterocycles. The summed E-state index contributed by atoms with van der Waals surface area (Å²) in [5, 5.41) is 11.5. The van der Waals surface area contributed by atoms with Crippen molar-refractivity contribution in [3.05, 3.63) is 0 Å². The average molecular weight is 164 g/mol. The van der Waals surface area contributed by atoms with E-state index in [1.54, 1.807) is 0 Å². The van der Waals surface area contributed by atoms with Crippen LogP contribution in [0.2, 0.25) is 5.31 Å². The molecule has 0 aromatic rings. The van der Waals surface area contributed by atoms with Crippen molar-refractivity contribution in [1.29, 1.82) is 5.26 Å². The number of nitrogens with zero attached hydrogens (tertiary/aromatic N) is 1. The SMILES string of the molecule is [B]C(C)(CC)C(CC#N)NCC. The lowest BCUT2D eigenvalue weighted by molar-refractivity contribution is 0.397. The fourth-order valence-corrected chi connectivity index (χ4v) is 1.12. The Hall–Kier alpha value is -0.485. The minimum absolute atomic E-state index is 0.109. The molecule has 2 radical (unpaired) electrons. The van der Waals surface area contributed by atoms with Gasteiger partial charge in [0, 0.05) is 6.04 Å². The molecule has 0 saturated carbocycles. The molecular formula is C9H17BN2. The topological polar surface area (TPSA) is 35.8 Å². The summed E-state index contributed by atoms with van der Waals surface area (Å²) in [5.74, 6) is 0. The summed E-state index contributed by atoms with van der Waals surface area (Å²) >= 11 is 0. The standard InChI is InChI=1S/C9H17BN2/c1-4-9(3,10)8(6-7-11)12-5-2/h8,12H,4-6H2,1-3H3. The third-order valence-corrected chi connectivity index (χ3v) is 2.30. The molecule has 2 nitrogen and oxygen atoms in total. The second-order valence-corrected chi connectivity index (χ2v) is 3.33. The van der Waals surface area contributed by atoms with Crippen molar-refractivity contribution in [2.24, 2.45) is 0 Å². The third-order valence-electron chi connectivity index (χ3n) is 2.30. The van der Waals surface area contributed by atoms with Crippen LogP contribution in [0.15, 0.2) is 0 Å². The van der Waals surface area contributed by atoms with E-state index in [4.69, 9.17) is 13.1 Å². The Morgan fingerprint density at radius 2 is 2.17 bits per heavy atom. The van der Waals surface area contributed by atoms with Crippen LogP contribution in [0.25, 0.3) is 0 Å². The molecule has 66 valence electrons. The highest BCUT2D eigenvalue weighted by atomic mass is 14.9. The van der Waals surface area contributed by atoms with Crippen LogP contribution in [0.4, 0.5) is 0 Å². The van der Waals surface area contributed by atoms with Gasteiger partial charge in [-0.05, 0) is 6.54 Å². The van der Waals surface area contributed by atoms with E-state index in [1.165, 1.54) is 0 Å². The van der Waals surface area contributed by atoms with Crippen LogP contribution in [0.3, 0.4) is 0 Å². The molecule has 2 unspecified atom stereocenters. The molecule has 0 bridgehead atoms. The summed E-state index contributed by atoms with van der Waals surface area (Å²) in [6.07, 6.45) is 1.36.